The van der Waals surface area contributed by atoms with Crippen LogP contribution in [0.4, 0.5) is 5.69 Å². The Labute approximate surface area is 71.4 Å². The van der Waals surface area contributed by atoms with Crippen LogP contribution in [0.3, 0.4) is 0 Å². The van der Waals surface area contributed by atoms with Crippen molar-refractivity contribution in [1.82, 2.24) is 5.32 Å². The molecule has 0 atom stereocenters. The quantitative estimate of drug-likeness (QED) is 0.509. The Hall–Kier alpha value is -1.42. The molecule has 4 heteroatoms. The van der Waals surface area contributed by atoms with E-state index in [2.05, 4.69) is 5.32 Å². The highest BCUT2D eigenvalue weighted by molar-refractivity contribution is 5.27. The van der Waals surface area contributed by atoms with Gasteiger partial charge in [0.15, 0.2) is 0 Å². The maximum absolute atomic E-state index is 10.0. The molecule has 1 aromatic carbocycles. The van der Waals surface area contributed by atoms with Crippen LogP contribution >= 0.6 is 0 Å². The van der Waals surface area contributed by atoms with E-state index in [0.717, 1.165) is 0 Å². The van der Waals surface area contributed by atoms with E-state index < -0.39 is 4.92 Å². The molecule has 0 aliphatic carbocycles. The van der Waals surface area contributed by atoms with E-state index in [0.29, 0.717) is 0 Å². The lowest BCUT2D eigenvalue weighted by atomic mass is 10.3. The molecule has 1 aromatic rings. The van der Waals surface area contributed by atoms with Crippen molar-refractivity contribution in [3.05, 3.63) is 40.4 Å². The molecule has 1 N–H and O–H groups in total. The lowest BCUT2D eigenvalue weighted by molar-refractivity contribution is -0.384. The second-order valence-corrected chi connectivity index (χ2v) is 2.09. The number of nitrogens with one attached hydrogen (secondary N) is 1. The van der Waals surface area contributed by atoms with Crippen LogP contribution in [0, 0.1) is 10.1 Å². The normalized spacial score (nSPS) is 8.17. The van der Waals surface area contributed by atoms with Crippen molar-refractivity contribution in [3.63, 3.8) is 0 Å². The molecule has 0 amide bonds. The molecule has 4 nitrogen and oxygen atoms in total. The van der Waals surface area contributed by atoms with Crippen LogP contribution in [0.5, 0.6) is 0 Å². The fourth-order valence-corrected chi connectivity index (χ4v) is 0.550. The summed E-state index contributed by atoms with van der Waals surface area (Å²) in [4.78, 5) is 9.59. The van der Waals surface area contributed by atoms with Crippen molar-refractivity contribution in [1.29, 1.82) is 0 Å². The Bertz CT molecular complexity index is 224. The standard InChI is InChI=1S/C6H5NO2.C2H7N/c8-7(9)6-4-2-1-3-5-6;1-3-2/h1-5H;3H,1-2H3. The maximum Gasteiger partial charge on any atom is 0.269 e. The highest BCUT2D eigenvalue weighted by Gasteiger charge is 1.98. The number of para-hydroxylation sites is 1. The van der Waals surface area contributed by atoms with Crippen LogP contribution in [-0.4, -0.2) is 19.0 Å². The largest absolute Gasteiger partial charge is 0.323 e. The van der Waals surface area contributed by atoms with E-state index in [1.807, 2.05) is 14.1 Å². The van der Waals surface area contributed by atoms with Gasteiger partial charge in [-0.05, 0) is 14.1 Å². The van der Waals surface area contributed by atoms with Gasteiger partial charge in [-0.2, -0.15) is 0 Å². The highest BCUT2D eigenvalue weighted by atomic mass is 16.6. The molecule has 0 aliphatic heterocycles. The van der Waals surface area contributed by atoms with Gasteiger partial charge in [0, 0.05) is 12.1 Å². The summed E-state index contributed by atoms with van der Waals surface area (Å²) in [5, 5.41) is 12.8. The molecule has 0 heterocycles. The molecule has 0 unspecified atom stereocenters. The number of non-ortho nitro benzene ring substituents is 1. The fraction of sp³-hybridized carbons (Fsp3) is 0.250. The fourth-order valence-electron chi connectivity index (χ4n) is 0.550. The number of nitro groups is 1. The van der Waals surface area contributed by atoms with Crippen LogP contribution in [0.2, 0.25) is 0 Å². The molecule has 0 bridgehead atoms. The van der Waals surface area contributed by atoms with Gasteiger partial charge in [-0.1, -0.05) is 18.2 Å². The lowest BCUT2D eigenvalue weighted by Gasteiger charge is -1.85. The third-order valence-corrected chi connectivity index (χ3v) is 0.967. The first-order valence-electron chi connectivity index (χ1n) is 3.50. The third kappa shape index (κ3) is 4.40. The van der Waals surface area contributed by atoms with Crippen molar-refractivity contribution < 1.29 is 4.92 Å². The molecule has 1 rings (SSSR count). The molecule has 0 aliphatic rings. The number of benzene rings is 1. The zero-order valence-corrected chi connectivity index (χ0v) is 7.15. The third-order valence-electron chi connectivity index (χ3n) is 0.967. The Morgan fingerprint density at radius 2 is 1.67 bits per heavy atom. The first-order valence-corrected chi connectivity index (χ1v) is 3.50. The van der Waals surface area contributed by atoms with Crippen molar-refractivity contribution in [2.24, 2.45) is 0 Å². The van der Waals surface area contributed by atoms with Gasteiger partial charge < -0.3 is 5.32 Å². The average Bonchev–Trinajstić information content (AvgIpc) is 2.07. The molecule has 0 aromatic heterocycles. The van der Waals surface area contributed by atoms with Gasteiger partial charge in [0.25, 0.3) is 5.69 Å². The van der Waals surface area contributed by atoms with E-state index in [-0.39, 0.29) is 5.69 Å². The highest BCUT2D eigenvalue weighted by Crippen LogP contribution is 2.06. The summed E-state index contributed by atoms with van der Waals surface area (Å²) in [6.07, 6.45) is 0. The van der Waals surface area contributed by atoms with Gasteiger partial charge in [-0.25, -0.2) is 0 Å². The number of rotatable bonds is 1. The van der Waals surface area contributed by atoms with Crippen molar-refractivity contribution in [2.75, 3.05) is 14.1 Å². The van der Waals surface area contributed by atoms with E-state index in [9.17, 15) is 10.1 Å². The summed E-state index contributed by atoms with van der Waals surface area (Å²) in [7, 11) is 3.75. The van der Waals surface area contributed by atoms with E-state index >= 15 is 0 Å². The van der Waals surface area contributed by atoms with Gasteiger partial charge in [-0.15, -0.1) is 0 Å². The first-order chi connectivity index (χ1) is 5.72. The van der Waals surface area contributed by atoms with Crippen LogP contribution in [0.15, 0.2) is 30.3 Å². The Balaban J connectivity index is 0.000000354. The lowest BCUT2D eigenvalue weighted by Crippen LogP contribution is -1.89. The van der Waals surface area contributed by atoms with Gasteiger partial charge >= 0.3 is 0 Å². The zero-order valence-electron chi connectivity index (χ0n) is 7.15. The van der Waals surface area contributed by atoms with Crippen molar-refractivity contribution >= 4 is 5.69 Å². The van der Waals surface area contributed by atoms with Crippen LogP contribution in [0.1, 0.15) is 0 Å². The summed E-state index contributed by atoms with van der Waals surface area (Å²) in [5.41, 5.74) is 0.137. The monoisotopic (exact) mass is 168 g/mol. The topological polar surface area (TPSA) is 55.2 Å². The molecule has 0 fully saturated rings. The first kappa shape index (κ1) is 10.6. The summed E-state index contributed by atoms with van der Waals surface area (Å²) in [5.74, 6) is 0. The van der Waals surface area contributed by atoms with Crippen molar-refractivity contribution in [2.45, 2.75) is 0 Å². The Kier molecular flexibility index (Phi) is 5.55. The van der Waals surface area contributed by atoms with Crippen LogP contribution in [0.25, 0.3) is 0 Å². The summed E-state index contributed by atoms with van der Waals surface area (Å²) in [6.45, 7) is 0. The minimum Gasteiger partial charge on any atom is -0.323 e. The second kappa shape index (κ2) is 6.30. The molecule has 12 heavy (non-hydrogen) atoms. The van der Waals surface area contributed by atoms with Gasteiger partial charge in [0.05, 0.1) is 4.92 Å². The van der Waals surface area contributed by atoms with Gasteiger partial charge in [-0.3, -0.25) is 10.1 Å². The van der Waals surface area contributed by atoms with E-state index in [4.69, 9.17) is 0 Å². The number of nitro benzene ring substituents is 1. The van der Waals surface area contributed by atoms with E-state index in [1.54, 1.807) is 18.2 Å². The summed E-state index contributed by atoms with van der Waals surface area (Å²) in [6, 6.07) is 7.93. The molecule has 0 saturated carbocycles. The Morgan fingerprint density at radius 1 is 1.25 bits per heavy atom. The minimum atomic E-state index is -0.417. The SMILES string of the molecule is CNC.O=[N+]([O-])c1ccccc1. The molecule has 0 saturated heterocycles. The number of hydrogen-bond acceptors (Lipinski definition) is 3. The molecular weight excluding hydrogens is 156 g/mol. The maximum atomic E-state index is 10.0. The second-order valence-electron chi connectivity index (χ2n) is 2.09. The van der Waals surface area contributed by atoms with Crippen LogP contribution < -0.4 is 5.32 Å². The molecule has 0 spiro atoms. The predicted molar refractivity (Wildman–Crippen MR) is 48.1 cm³/mol. The minimum absolute atomic E-state index is 0.137. The van der Waals surface area contributed by atoms with Crippen LogP contribution in [-0.2, 0) is 0 Å². The van der Waals surface area contributed by atoms with Crippen molar-refractivity contribution in [3.8, 4) is 0 Å². The summed E-state index contributed by atoms with van der Waals surface area (Å²) < 4.78 is 0. The average molecular weight is 168 g/mol. The summed E-state index contributed by atoms with van der Waals surface area (Å²) >= 11 is 0. The smallest absolute Gasteiger partial charge is 0.269 e. The van der Waals surface area contributed by atoms with E-state index in [1.165, 1.54) is 12.1 Å². The zero-order chi connectivity index (χ0) is 9.40. The van der Waals surface area contributed by atoms with Gasteiger partial charge in [0.1, 0.15) is 0 Å². The Morgan fingerprint density at radius 3 is 1.92 bits per heavy atom. The molecular formula is C8H12N2O2. The number of hydrogen-bond donors (Lipinski definition) is 1. The molecule has 0 radical (unpaired) electrons. The van der Waals surface area contributed by atoms with Gasteiger partial charge in [0.2, 0.25) is 0 Å². The molecule has 66 valence electrons. The number of nitrogens with zero attached hydrogens (tertiary/aromatic N) is 1. The predicted octanol–water partition coefficient (Wildman–Crippen LogP) is 1.43.